The number of ether oxygens (including phenoxy) is 1. The molecule has 164 valence electrons. The van der Waals surface area contributed by atoms with Gasteiger partial charge in [0.25, 0.3) is 15.9 Å². The Hall–Kier alpha value is -2.47. The lowest BCUT2D eigenvalue weighted by Crippen LogP contribution is -2.46. The van der Waals surface area contributed by atoms with Crippen LogP contribution in [-0.2, 0) is 34.2 Å². The van der Waals surface area contributed by atoms with E-state index in [9.17, 15) is 26.4 Å². The van der Waals surface area contributed by atoms with Crippen LogP contribution in [0, 0.1) is 0 Å². The van der Waals surface area contributed by atoms with Gasteiger partial charge in [0.2, 0.25) is 0 Å². The number of sulfonamides is 1. The summed E-state index contributed by atoms with van der Waals surface area (Å²) in [6.07, 6.45) is -0.760. The van der Waals surface area contributed by atoms with Crippen LogP contribution in [0.2, 0.25) is 0 Å². The standard InChI is InChI=1S/C18H23N3O7S2/c1-3-21(13-8-9-29(24,25)11-13)18(23)12(2)28-16(22)10-19-17-14-6-4-5-7-15(14)30(26,27)20-17/h4-7,12-13H,3,8-11H2,1-2H3,(H,19,20). The zero-order chi connectivity index (χ0) is 22.1. The molecule has 2 aliphatic heterocycles. The minimum absolute atomic E-state index is 0.0322. The summed E-state index contributed by atoms with van der Waals surface area (Å²) in [4.78, 5) is 30.3. The van der Waals surface area contributed by atoms with Crippen LogP contribution in [-0.4, -0.2) is 76.2 Å². The number of rotatable bonds is 6. The van der Waals surface area contributed by atoms with Crippen molar-refractivity contribution >= 4 is 37.6 Å². The van der Waals surface area contributed by atoms with E-state index in [1.54, 1.807) is 25.1 Å². The van der Waals surface area contributed by atoms with Crippen molar-refractivity contribution in [1.82, 2.24) is 9.62 Å². The first-order chi connectivity index (χ1) is 14.0. The maximum Gasteiger partial charge on any atom is 0.328 e. The van der Waals surface area contributed by atoms with E-state index in [1.807, 2.05) is 0 Å². The Labute approximate surface area is 175 Å². The topological polar surface area (TPSA) is 139 Å². The molecule has 12 heteroatoms. The number of amidine groups is 1. The van der Waals surface area contributed by atoms with Gasteiger partial charge in [0, 0.05) is 18.2 Å². The lowest BCUT2D eigenvalue weighted by Gasteiger charge is -2.29. The van der Waals surface area contributed by atoms with Crippen LogP contribution in [0.25, 0.3) is 0 Å². The van der Waals surface area contributed by atoms with Crippen molar-refractivity contribution < 1.29 is 31.2 Å². The maximum absolute atomic E-state index is 12.6. The molecule has 10 nitrogen and oxygen atoms in total. The van der Waals surface area contributed by atoms with Crippen LogP contribution in [0.3, 0.4) is 0 Å². The summed E-state index contributed by atoms with van der Waals surface area (Å²) < 4.78 is 54.9. The lowest BCUT2D eigenvalue weighted by atomic mass is 10.2. The molecule has 0 radical (unpaired) electrons. The highest BCUT2D eigenvalue weighted by Crippen LogP contribution is 2.22. The largest absolute Gasteiger partial charge is 0.451 e. The first kappa shape index (κ1) is 22.2. The van der Waals surface area contributed by atoms with Crippen molar-refractivity contribution in [2.75, 3.05) is 24.6 Å². The Morgan fingerprint density at radius 2 is 1.97 bits per heavy atom. The predicted molar refractivity (Wildman–Crippen MR) is 108 cm³/mol. The van der Waals surface area contributed by atoms with Crippen LogP contribution < -0.4 is 4.72 Å². The third-order valence-corrected chi connectivity index (χ3v) is 8.11. The van der Waals surface area contributed by atoms with E-state index in [4.69, 9.17) is 4.74 Å². The Kier molecular flexibility index (Phi) is 6.18. The second kappa shape index (κ2) is 8.34. The van der Waals surface area contributed by atoms with Crippen molar-refractivity contribution in [3.8, 4) is 0 Å². The van der Waals surface area contributed by atoms with E-state index < -0.39 is 50.4 Å². The predicted octanol–water partition coefficient (Wildman–Crippen LogP) is -0.308. The molecule has 1 amide bonds. The molecule has 1 N–H and O–H groups in total. The third-order valence-electron chi connectivity index (χ3n) is 4.96. The van der Waals surface area contributed by atoms with Gasteiger partial charge in [-0.3, -0.25) is 19.3 Å². The summed E-state index contributed by atoms with van der Waals surface area (Å²) in [5, 5.41) is 0. The van der Waals surface area contributed by atoms with Gasteiger partial charge in [-0.2, -0.15) is 0 Å². The highest BCUT2D eigenvalue weighted by molar-refractivity contribution is 7.91. The average molecular weight is 458 g/mol. The summed E-state index contributed by atoms with van der Waals surface area (Å²) in [7, 11) is -6.88. The van der Waals surface area contributed by atoms with Crippen LogP contribution in [0.15, 0.2) is 34.2 Å². The van der Waals surface area contributed by atoms with Gasteiger partial charge in [-0.1, -0.05) is 12.1 Å². The number of aliphatic imine (C=N–C) groups is 1. The molecule has 2 heterocycles. The quantitative estimate of drug-likeness (QED) is 0.578. The number of amides is 1. The van der Waals surface area contributed by atoms with E-state index >= 15 is 0 Å². The second-order valence-electron chi connectivity index (χ2n) is 7.08. The molecule has 1 aromatic carbocycles. The van der Waals surface area contributed by atoms with E-state index in [-0.39, 0.29) is 22.2 Å². The van der Waals surface area contributed by atoms with Crippen LogP contribution in [0.1, 0.15) is 25.8 Å². The van der Waals surface area contributed by atoms with Gasteiger partial charge in [0.15, 0.2) is 15.9 Å². The summed E-state index contributed by atoms with van der Waals surface area (Å²) in [5.74, 6) is -1.31. The summed E-state index contributed by atoms with van der Waals surface area (Å²) in [5.41, 5.74) is 0.356. The minimum atomic E-state index is -3.72. The molecule has 2 unspecified atom stereocenters. The molecular weight excluding hydrogens is 434 g/mol. The number of sulfone groups is 1. The number of likely N-dealkylation sites (N-methyl/N-ethyl adjacent to an activating group) is 1. The molecule has 0 aromatic heterocycles. The Morgan fingerprint density at radius 1 is 1.27 bits per heavy atom. The van der Waals surface area contributed by atoms with Crippen LogP contribution in [0.4, 0.5) is 0 Å². The maximum atomic E-state index is 12.6. The first-order valence-electron chi connectivity index (χ1n) is 9.41. The Balaban J connectivity index is 1.62. The van der Waals surface area contributed by atoms with Crippen molar-refractivity contribution in [2.45, 2.75) is 37.3 Å². The monoisotopic (exact) mass is 457 g/mol. The number of benzene rings is 1. The average Bonchev–Trinajstić information content (AvgIpc) is 3.17. The van der Waals surface area contributed by atoms with E-state index in [1.165, 1.54) is 17.9 Å². The van der Waals surface area contributed by atoms with Crippen molar-refractivity contribution in [2.24, 2.45) is 4.99 Å². The number of carbonyl (C=O) groups excluding carboxylic acids is 2. The van der Waals surface area contributed by atoms with E-state index in [2.05, 4.69) is 9.71 Å². The van der Waals surface area contributed by atoms with Crippen LogP contribution >= 0.6 is 0 Å². The van der Waals surface area contributed by atoms with Crippen molar-refractivity contribution in [3.63, 3.8) is 0 Å². The first-order valence-corrected chi connectivity index (χ1v) is 12.7. The van der Waals surface area contributed by atoms with Gasteiger partial charge in [-0.25, -0.2) is 16.8 Å². The van der Waals surface area contributed by atoms with Gasteiger partial charge < -0.3 is 9.64 Å². The smallest absolute Gasteiger partial charge is 0.328 e. The number of hydrogen-bond acceptors (Lipinski definition) is 8. The molecule has 1 saturated heterocycles. The van der Waals surface area contributed by atoms with E-state index in [0.29, 0.717) is 18.5 Å². The highest BCUT2D eigenvalue weighted by atomic mass is 32.2. The molecule has 0 aliphatic carbocycles. The molecule has 30 heavy (non-hydrogen) atoms. The number of esters is 1. The Morgan fingerprint density at radius 3 is 2.60 bits per heavy atom. The molecule has 0 spiro atoms. The fourth-order valence-electron chi connectivity index (χ4n) is 3.53. The Bertz CT molecular complexity index is 1100. The molecule has 0 saturated carbocycles. The summed E-state index contributed by atoms with van der Waals surface area (Å²) >= 11 is 0. The molecule has 1 aromatic rings. The van der Waals surface area contributed by atoms with Gasteiger partial charge in [0.05, 0.1) is 16.4 Å². The molecule has 0 bridgehead atoms. The van der Waals surface area contributed by atoms with Crippen molar-refractivity contribution in [3.05, 3.63) is 29.8 Å². The lowest BCUT2D eigenvalue weighted by molar-refractivity contribution is -0.158. The van der Waals surface area contributed by atoms with Gasteiger partial charge in [-0.15, -0.1) is 0 Å². The molecular formula is C18H23N3O7S2. The fraction of sp³-hybridized carbons (Fsp3) is 0.500. The zero-order valence-electron chi connectivity index (χ0n) is 16.6. The minimum Gasteiger partial charge on any atom is -0.451 e. The normalized spacial score (nSPS) is 23.4. The van der Waals surface area contributed by atoms with Gasteiger partial charge in [0.1, 0.15) is 12.4 Å². The number of carbonyl (C=O) groups is 2. The third kappa shape index (κ3) is 4.64. The molecule has 3 rings (SSSR count). The highest BCUT2D eigenvalue weighted by Gasteiger charge is 2.36. The number of hydrogen-bond donors (Lipinski definition) is 1. The molecule has 1 fully saturated rings. The van der Waals surface area contributed by atoms with E-state index in [0.717, 1.165) is 0 Å². The van der Waals surface area contributed by atoms with Gasteiger partial charge in [-0.05, 0) is 32.4 Å². The van der Waals surface area contributed by atoms with Gasteiger partial charge >= 0.3 is 5.97 Å². The summed E-state index contributed by atoms with van der Waals surface area (Å²) in [6.45, 7) is 2.95. The number of fused-ring (bicyclic) bond motifs is 1. The second-order valence-corrected chi connectivity index (χ2v) is 11.0. The fourth-order valence-corrected chi connectivity index (χ4v) is 6.51. The van der Waals surface area contributed by atoms with Crippen LogP contribution in [0.5, 0.6) is 0 Å². The SMILES string of the molecule is CCN(C(=O)C(C)OC(=O)CN=C1NS(=O)(=O)c2ccccc21)C1CCS(=O)(=O)C1. The summed E-state index contributed by atoms with van der Waals surface area (Å²) in [6, 6.07) is 5.80. The zero-order valence-corrected chi connectivity index (χ0v) is 18.2. The molecule has 2 atom stereocenters. The molecule has 2 aliphatic rings. The number of nitrogens with one attached hydrogen (secondary N) is 1. The van der Waals surface area contributed by atoms with Crippen molar-refractivity contribution in [1.29, 1.82) is 0 Å². The number of nitrogens with zero attached hydrogens (tertiary/aromatic N) is 2.